The lowest BCUT2D eigenvalue weighted by Crippen LogP contribution is -1.96. The van der Waals surface area contributed by atoms with Crippen LogP contribution in [-0.2, 0) is 9.53 Å². The van der Waals surface area contributed by atoms with E-state index in [1.54, 1.807) is 0 Å². The smallest absolute Gasteiger partial charge is 0.306 e. The highest BCUT2D eigenvalue weighted by Crippen LogP contribution is 2.28. The fourth-order valence-electron chi connectivity index (χ4n) is 2.30. The van der Waals surface area contributed by atoms with Crippen LogP contribution in [0.25, 0.3) is 11.1 Å². The first-order valence-electron chi connectivity index (χ1n) is 8.05. The van der Waals surface area contributed by atoms with Gasteiger partial charge in [-0.2, -0.15) is 0 Å². The van der Waals surface area contributed by atoms with Crippen molar-refractivity contribution in [1.29, 1.82) is 0 Å². The Morgan fingerprint density at radius 1 is 0.909 bits per heavy atom. The lowest BCUT2D eigenvalue weighted by molar-refractivity contribution is -0.137. The van der Waals surface area contributed by atoms with Crippen LogP contribution in [0.2, 0.25) is 0 Å². The minimum Gasteiger partial charge on any atom is -0.465 e. The van der Waals surface area contributed by atoms with Gasteiger partial charge in [0.15, 0.2) is 0 Å². The first-order chi connectivity index (χ1) is 10.7. The second-order valence-corrected chi connectivity index (χ2v) is 5.57. The molecule has 2 heteroatoms. The third-order valence-corrected chi connectivity index (χ3v) is 3.85. The Morgan fingerprint density at radius 2 is 1.50 bits per heavy atom. The Kier molecular flexibility index (Phi) is 6.20. The van der Waals surface area contributed by atoms with Gasteiger partial charge in [0.1, 0.15) is 0 Å². The molecule has 22 heavy (non-hydrogen) atoms. The molecule has 1 aliphatic rings. The molecule has 0 amide bonds. The van der Waals surface area contributed by atoms with Crippen molar-refractivity contribution in [3.63, 3.8) is 0 Å². The molecule has 1 unspecified atom stereocenters. The predicted octanol–water partition coefficient (Wildman–Crippen LogP) is 5.19. The van der Waals surface area contributed by atoms with Gasteiger partial charge in [-0.05, 0) is 16.7 Å². The van der Waals surface area contributed by atoms with Gasteiger partial charge in [-0.25, -0.2) is 0 Å². The summed E-state index contributed by atoms with van der Waals surface area (Å²) in [5, 5.41) is 0. The van der Waals surface area contributed by atoms with Crippen molar-refractivity contribution in [3.8, 4) is 11.1 Å². The summed E-state index contributed by atoms with van der Waals surface area (Å²) in [5.41, 5.74) is 3.59. The Bertz CT molecular complexity index is 570. The van der Waals surface area contributed by atoms with Crippen molar-refractivity contribution in [3.05, 3.63) is 60.2 Å². The molecule has 3 rings (SSSR count). The maximum Gasteiger partial charge on any atom is 0.306 e. The number of carbonyl (C=O) groups excluding carboxylic acids is 1. The number of hydrogen-bond donors (Lipinski definition) is 0. The first-order valence-corrected chi connectivity index (χ1v) is 8.05. The summed E-state index contributed by atoms with van der Waals surface area (Å²) < 4.78 is 5.00. The third-order valence-electron chi connectivity index (χ3n) is 3.85. The maximum absolute atomic E-state index is 11.1. The summed E-state index contributed by atoms with van der Waals surface area (Å²) in [6.07, 6.45) is 3.14. The molecule has 116 valence electrons. The average Bonchev–Trinajstić information content (AvgIpc) is 3.02. The van der Waals surface area contributed by atoms with Crippen LogP contribution in [0, 0.1) is 0 Å². The van der Waals surface area contributed by atoms with Crippen LogP contribution in [0.1, 0.15) is 44.6 Å². The van der Waals surface area contributed by atoms with Gasteiger partial charge < -0.3 is 4.74 Å². The molecule has 2 nitrogen and oxygen atoms in total. The average molecular weight is 296 g/mol. The Hall–Kier alpha value is -2.09. The number of unbranched alkanes of at least 4 members (excludes halogenated alkanes) is 1. The second kappa shape index (κ2) is 8.38. The lowest BCUT2D eigenvalue weighted by atomic mass is 9.96. The molecule has 2 aromatic rings. The van der Waals surface area contributed by atoms with Gasteiger partial charge in [0.25, 0.3) is 0 Å². The Morgan fingerprint density at radius 3 is 2.00 bits per heavy atom. The highest BCUT2D eigenvalue weighted by molar-refractivity contribution is 5.73. The molecule has 1 heterocycles. The fourth-order valence-corrected chi connectivity index (χ4v) is 2.30. The van der Waals surface area contributed by atoms with E-state index in [1.807, 2.05) is 18.2 Å². The van der Waals surface area contributed by atoms with Crippen LogP contribution in [0.4, 0.5) is 0 Å². The van der Waals surface area contributed by atoms with Gasteiger partial charge in [0.05, 0.1) is 13.0 Å². The van der Waals surface area contributed by atoms with Crippen LogP contribution >= 0.6 is 0 Å². The summed E-state index contributed by atoms with van der Waals surface area (Å²) in [7, 11) is 0. The van der Waals surface area contributed by atoms with Crippen LogP contribution < -0.4 is 0 Å². The van der Waals surface area contributed by atoms with Crippen molar-refractivity contribution in [2.45, 2.75) is 39.0 Å². The van der Waals surface area contributed by atoms with E-state index >= 15 is 0 Å². The summed E-state index contributed by atoms with van der Waals surface area (Å²) in [5.74, 6) is 0.134. The number of benzene rings is 2. The third kappa shape index (κ3) is 4.45. The van der Waals surface area contributed by atoms with E-state index < -0.39 is 0 Å². The van der Waals surface area contributed by atoms with Crippen molar-refractivity contribution in [2.24, 2.45) is 0 Å². The lowest BCUT2D eigenvalue weighted by Gasteiger charge is -2.08. The number of cyclic esters (lactones) is 1. The van der Waals surface area contributed by atoms with E-state index in [-0.39, 0.29) is 11.9 Å². The molecule has 0 bridgehead atoms. The van der Waals surface area contributed by atoms with E-state index in [4.69, 9.17) is 4.74 Å². The van der Waals surface area contributed by atoms with Gasteiger partial charge in [-0.1, -0.05) is 81.3 Å². The van der Waals surface area contributed by atoms with Gasteiger partial charge in [0.2, 0.25) is 0 Å². The number of hydrogen-bond acceptors (Lipinski definition) is 2. The number of esters is 1. The monoisotopic (exact) mass is 296 g/mol. The second-order valence-electron chi connectivity index (χ2n) is 5.57. The van der Waals surface area contributed by atoms with Crippen molar-refractivity contribution >= 4 is 5.97 Å². The number of rotatable bonds is 3. The van der Waals surface area contributed by atoms with Gasteiger partial charge in [0, 0.05) is 5.92 Å². The summed E-state index contributed by atoms with van der Waals surface area (Å²) >= 11 is 0. The minimum atomic E-state index is -0.0906. The van der Waals surface area contributed by atoms with Crippen molar-refractivity contribution < 1.29 is 9.53 Å². The molecule has 2 aromatic carbocycles. The molecule has 1 saturated heterocycles. The van der Waals surface area contributed by atoms with Crippen LogP contribution in [0.3, 0.4) is 0 Å². The van der Waals surface area contributed by atoms with Crippen molar-refractivity contribution in [1.82, 2.24) is 0 Å². The van der Waals surface area contributed by atoms with Gasteiger partial charge in [-0.15, -0.1) is 0 Å². The summed E-state index contributed by atoms with van der Waals surface area (Å²) in [6, 6.07) is 18.7. The maximum atomic E-state index is 11.1. The predicted molar refractivity (Wildman–Crippen MR) is 90.8 cm³/mol. The molecule has 1 fully saturated rings. The summed E-state index contributed by atoms with van der Waals surface area (Å²) in [6.45, 7) is 4.88. The minimum absolute atomic E-state index is 0.0906. The molecule has 1 atom stereocenters. The molecule has 1 aliphatic heterocycles. The quantitative estimate of drug-likeness (QED) is 0.728. The molecule has 0 spiro atoms. The zero-order chi connectivity index (χ0) is 15.8. The summed E-state index contributed by atoms with van der Waals surface area (Å²) in [4.78, 5) is 11.1. The zero-order valence-corrected chi connectivity index (χ0v) is 13.4. The zero-order valence-electron chi connectivity index (χ0n) is 13.4. The number of ether oxygens (including phenoxy) is 1. The normalized spacial score (nSPS) is 16.6. The van der Waals surface area contributed by atoms with E-state index in [2.05, 4.69) is 50.2 Å². The van der Waals surface area contributed by atoms with E-state index in [0.717, 1.165) is 0 Å². The highest BCUT2D eigenvalue weighted by Gasteiger charge is 2.24. The Labute approximate surface area is 133 Å². The molecule has 0 aromatic heterocycles. The van der Waals surface area contributed by atoms with Crippen molar-refractivity contribution in [2.75, 3.05) is 6.61 Å². The molecular weight excluding hydrogens is 272 g/mol. The largest absolute Gasteiger partial charge is 0.465 e. The highest BCUT2D eigenvalue weighted by atomic mass is 16.5. The SMILES string of the molecule is CCCC.O=C1CC(c2ccc(-c3ccccc3)cc2)CO1. The number of carbonyl (C=O) groups is 1. The van der Waals surface area contributed by atoms with Crippen LogP contribution in [-0.4, -0.2) is 12.6 Å². The molecule has 0 radical (unpaired) electrons. The first kappa shape index (κ1) is 16.3. The van der Waals surface area contributed by atoms with Crippen LogP contribution in [0.15, 0.2) is 54.6 Å². The molecule has 0 aliphatic carbocycles. The van der Waals surface area contributed by atoms with Gasteiger partial charge in [-0.3, -0.25) is 4.79 Å². The standard InChI is InChI=1S/C16H14O2.C4H10/c17-16-10-15(11-18-16)14-8-6-13(7-9-14)12-4-2-1-3-5-12;1-3-4-2/h1-9,15H,10-11H2;3-4H2,1-2H3. The fraction of sp³-hybridized carbons (Fsp3) is 0.350. The molecule has 0 N–H and O–H groups in total. The van der Waals surface area contributed by atoms with Crippen LogP contribution in [0.5, 0.6) is 0 Å². The molecule has 0 saturated carbocycles. The van der Waals surface area contributed by atoms with E-state index in [0.29, 0.717) is 13.0 Å². The Balaban J connectivity index is 0.000000396. The molecular formula is C20H24O2. The van der Waals surface area contributed by atoms with E-state index in [9.17, 15) is 4.79 Å². The topological polar surface area (TPSA) is 26.3 Å². The van der Waals surface area contributed by atoms with Gasteiger partial charge >= 0.3 is 5.97 Å². The van der Waals surface area contributed by atoms with E-state index in [1.165, 1.54) is 29.5 Å².